The van der Waals surface area contributed by atoms with Gasteiger partial charge in [-0.25, -0.2) is 4.39 Å². The number of halogens is 1. The lowest BCUT2D eigenvalue weighted by atomic mass is 9.95. The third kappa shape index (κ3) is 2.59. The fraction of sp³-hybridized carbons (Fsp3) is 0.412. The number of carbonyl (C=O) groups excluding carboxylic acids is 1. The van der Waals surface area contributed by atoms with Crippen LogP contribution >= 0.6 is 0 Å². The molecule has 0 saturated carbocycles. The summed E-state index contributed by atoms with van der Waals surface area (Å²) in [5, 5.41) is 3.90. The Labute approximate surface area is 138 Å². The second-order valence-electron chi connectivity index (χ2n) is 6.12. The monoisotopic (exact) mass is 332 g/mol. The zero-order valence-electron chi connectivity index (χ0n) is 13.0. The second-order valence-corrected chi connectivity index (χ2v) is 6.12. The van der Waals surface area contributed by atoms with Gasteiger partial charge in [0.15, 0.2) is 11.5 Å². The summed E-state index contributed by atoms with van der Waals surface area (Å²) in [6.45, 7) is 2.56. The van der Waals surface area contributed by atoms with E-state index in [-0.39, 0.29) is 17.4 Å². The van der Waals surface area contributed by atoms with E-state index in [0.717, 1.165) is 6.42 Å². The zero-order valence-corrected chi connectivity index (χ0v) is 13.0. The molecule has 6 nitrogen and oxygen atoms in total. The molecule has 0 aliphatic carbocycles. The van der Waals surface area contributed by atoms with Gasteiger partial charge < -0.3 is 18.9 Å². The Morgan fingerprint density at radius 3 is 2.67 bits per heavy atom. The van der Waals surface area contributed by atoms with Crippen LogP contribution in [0.15, 0.2) is 34.9 Å². The topological polar surface area (TPSA) is 64.8 Å². The number of morpholine rings is 1. The average molecular weight is 332 g/mol. The Balaban J connectivity index is 1.59. The lowest BCUT2D eigenvalue weighted by Gasteiger charge is -2.43. The van der Waals surface area contributed by atoms with Crippen molar-refractivity contribution in [1.82, 2.24) is 10.1 Å². The molecule has 0 N–H and O–H groups in total. The van der Waals surface area contributed by atoms with E-state index in [2.05, 4.69) is 5.16 Å². The molecular weight excluding hydrogens is 315 g/mol. The van der Waals surface area contributed by atoms with Gasteiger partial charge in [0.05, 0.1) is 25.4 Å². The van der Waals surface area contributed by atoms with Gasteiger partial charge in [-0.3, -0.25) is 4.79 Å². The molecule has 7 heteroatoms. The number of ether oxygens (including phenoxy) is 2. The van der Waals surface area contributed by atoms with Crippen molar-refractivity contribution in [1.29, 1.82) is 0 Å². The number of rotatable bonds is 2. The maximum Gasteiger partial charge on any atom is 0.276 e. The van der Waals surface area contributed by atoms with Gasteiger partial charge in [0.25, 0.3) is 5.91 Å². The second kappa shape index (κ2) is 5.99. The van der Waals surface area contributed by atoms with Crippen LogP contribution in [0.3, 0.4) is 0 Å². The Bertz CT molecular complexity index is 737. The van der Waals surface area contributed by atoms with E-state index in [9.17, 15) is 9.18 Å². The number of benzene rings is 1. The van der Waals surface area contributed by atoms with Crippen molar-refractivity contribution in [2.75, 3.05) is 33.0 Å². The molecule has 2 aliphatic rings. The first kappa shape index (κ1) is 15.3. The van der Waals surface area contributed by atoms with Crippen molar-refractivity contribution in [2.24, 2.45) is 0 Å². The van der Waals surface area contributed by atoms with Crippen LogP contribution in [-0.2, 0) is 9.47 Å². The number of amides is 1. The minimum atomic E-state index is -0.412. The fourth-order valence-electron chi connectivity index (χ4n) is 3.24. The lowest BCUT2D eigenvalue weighted by Crippen LogP contribution is -2.59. The molecule has 1 spiro atoms. The van der Waals surface area contributed by atoms with Gasteiger partial charge >= 0.3 is 0 Å². The molecule has 2 saturated heterocycles. The number of nitrogens with zero attached hydrogens (tertiary/aromatic N) is 2. The molecule has 126 valence electrons. The first-order valence-electron chi connectivity index (χ1n) is 7.88. The van der Waals surface area contributed by atoms with Crippen molar-refractivity contribution in [2.45, 2.75) is 12.0 Å². The summed E-state index contributed by atoms with van der Waals surface area (Å²) in [5.41, 5.74) is 0.496. The van der Waals surface area contributed by atoms with E-state index in [1.165, 1.54) is 12.1 Å². The Kier molecular flexibility index (Phi) is 3.82. The molecule has 2 fully saturated rings. The summed E-state index contributed by atoms with van der Waals surface area (Å²) in [5.74, 6) is -0.0877. The van der Waals surface area contributed by atoms with Crippen LogP contribution in [0.5, 0.6) is 0 Å². The van der Waals surface area contributed by atoms with Crippen LogP contribution in [0, 0.1) is 5.82 Å². The van der Waals surface area contributed by atoms with Gasteiger partial charge in [-0.2, -0.15) is 0 Å². The summed E-state index contributed by atoms with van der Waals surface area (Å²) in [6, 6.07) is 7.45. The van der Waals surface area contributed by atoms with Gasteiger partial charge in [-0.1, -0.05) is 5.16 Å². The zero-order chi connectivity index (χ0) is 16.6. The number of hydrogen-bond donors (Lipinski definition) is 0. The van der Waals surface area contributed by atoms with Crippen LogP contribution in [-0.4, -0.2) is 54.5 Å². The highest BCUT2D eigenvalue weighted by atomic mass is 19.1. The SMILES string of the molecule is O=C(c1cc(-c2ccc(F)cc2)on1)N1CCOCC12CCOC2. The highest BCUT2D eigenvalue weighted by Crippen LogP contribution is 2.31. The maximum absolute atomic E-state index is 13.0. The van der Waals surface area contributed by atoms with E-state index in [1.54, 1.807) is 23.1 Å². The Morgan fingerprint density at radius 2 is 1.92 bits per heavy atom. The molecule has 0 bridgehead atoms. The predicted octanol–water partition coefficient (Wildman–Crippen LogP) is 2.11. The summed E-state index contributed by atoms with van der Waals surface area (Å²) in [7, 11) is 0. The normalized spacial score (nSPS) is 23.8. The molecule has 1 aromatic heterocycles. The number of hydrogen-bond acceptors (Lipinski definition) is 5. The Morgan fingerprint density at radius 1 is 1.17 bits per heavy atom. The molecule has 2 aromatic rings. The molecule has 0 radical (unpaired) electrons. The maximum atomic E-state index is 13.0. The quantitative estimate of drug-likeness (QED) is 0.843. The molecule has 3 heterocycles. The number of carbonyl (C=O) groups is 1. The van der Waals surface area contributed by atoms with Gasteiger partial charge in [-0.15, -0.1) is 0 Å². The molecular formula is C17H17FN2O4. The van der Waals surface area contributed by atoms with Crippen molar-refractivity contribution in [3.05, 3.63) is 41.8 Å². The Hall–Kier alpha value is -2.25. The van der Waals surface area contributed by atoms with E-state index in [1.807, 2.05) is 0 Å². The summed E-state index contributed by atoms with van der Waals surface area (Å²) in [4.78, 5) is 14.7. The van der Waals surface area contributed by atoms with E-state index in [4.69, 9.17) is 14.0 Å². The molecule has 4 rings (SSSR count). The van der Waals surface area contributed by atoms with Gasteiger partial charge in [0, 0.05) is 24.8 Å². The van der Waals surface area contributed by atoms with Crippen LogP contribution in [0.25, 0.3) is 11.3 Å². The van der Waals surface area contributed by atoms with Crippen molar-refractivity contribution in [3.8, 4) is 11.3 Å². The largest absolute Gasteiger partial charge is 0.379 e. The summed E-state index contributed by atoms with van der Waals surface area (Å²) >= 11 is 0. The number of aromatic nitrogens is 1. The van der Waals surface area contributed by atoms with Gasteiger partial charge in [0.2, 0.25) is 0 Å². The molecule has 24 heavy (non-hydrogen) atoms. The van der Waals surface area contributed by atoms with Crippen LogP contribution in [0.2, 0.25) is 0 Å². The van der Waals surface area contributed by atoms with Crippen LogP contribution in [0.1, 0.15) is 16.9 Å². The predicted molar refractivity (Wildman–Crippen MR) is 81.9 cm³/mol. The standard InChI is InChI=1S/C17H17FN2O4/c18-13-3-1-12(2-4-13)15-9-14(19-24-15)16(21)20-6-8-23-11-17(20)5-7-22-10-17/h1-4,9H,5-8,10-11H2. The molecule has 1 aromatic carbocycles. The van der Waals surface area contributed by atoms with Crippen molar-refractivity contribution < 1.29 is 23.2 Å². The molecule has 1 atom stereocenters. The first-order valence-corrected chi connectivity index (χ1v) is 7.88. The highest BCUT2D eigenvalue weighted by molar-refractivity contribution is 5.93. The minimum Gasteiger partial charge on any atom is -0.379 e. The minimum absolute atomic E-state index is 0.194. The highest BCUT2D eigenvalue weighted by Gasteiger charge is 2.46. The van der Waals surface area contributed by atoms with Gasteiger partial charge in [-0.05, 0) is 30.7 Å². The van der Waals surface area contributed by atoms with Crippen LogP contribution in [0.4, 0.5) is 4.39 Å². The third-order valence-corrected chi connectivity index (χ3v) is 4.59. The van der Waals surface area contributed by atoms with Crippen molar-refractivity contribution in [3.63, 3.8) is 0 Å². The smallest absolute Gasteiger partial charge is 0.276 e. The van der Waals surface area contributed by atoms with E-state index < -0.39 is 5.54 Å². The van der Waals surface area contributed by atoms with Crippen molar-refractivity contribution >= 4 is 5.91 Å². The molecule has 1 unspecified atom stereocenters. The third-order valence-electron chi connectivity index (χ3n) is 4.59. The first-order chi connectivity index (χ1) is 11.7. The summed E-state index contributed by atoms with van der Waals surface area (Å²) < 4.78 is 29.3. The molecule has 2 aliphatic heterocycles. The summed E-state index contributed by atoms with van der Waals surface area (Å²) in [6.07, 6.45) is 0.751. The average Bonchev–Trinajstić information content (AvgIpc) is 3.26. The van der Waals surface area contributed by atoms with Gasteiger partial charge in [0.1, 0.15) is 5.82 Å². The van der Waals surface area contributed by atoms with Crippen LogP contribution < -0.4 is 0 Å². The van der Waals surface area contributed by atoms with E-state index in [0.29, 0.717) is 44.3 Å². The lowest BCUT2D eigenvalue weighted by molar-refractivity contribution is -0.0554. The molecule has 1 amide bonds. The van der Waals surface area contributed by atoms with E-state index >= 15 is 0 Å². The fourth-order valence-corrected chi connectivity index (χ4v) is 3.24.